The first-order valence-electron chi connectivity index (χ1n) is 15.4. The molecular weight excluding hydrogens is 598 g/mol. The Labute approximate surface area is 266 Å². The van der Waals surface area contributed by atoms with Crippen LogP contribution in [-0.4, -0.2) is 77.7 Å². The maximum Gasteiger partial charge on any atom is 0.313 e. The molecule has 10 nitrogen and oxygen atoms in total. The number of anilines is 1. The van der Waals surface area contributed by atoms with Crippen molar-refractivity contribution in [2.24, 2.45) is 11.8 Å². The van der Waals surface area contributed by atoms with E-state index in [0.29, 0.717) is 35.5 Å². The first kappa shape index (κ1) is 31.0. The molecule has 2 aromatic rings. The van der Waals surface area contributed by atoms with Gasteiger partial charge in [0.15, 0.2) is 0 Å². The lowest BCUT2D eigenvalue weighted by Gasteiger charge is -2.35. The lowest BCUT2D eigenvalue weighted by Crippen LogP contribution is -2.55. The third-order valence-electron chi connectivity index (χ3n) is 8.99. The second-order valence-electron chi connectivity index (χ2n) is 11.7. The van der Waals surface area contributed by atoms with Gasteiger partial charge >= 0.3 is 5.97 Å². The van der Waals surface area contributed by atoms with E-state index in [-0.39, 0.29) is 50.4 Å². The van der Waals surface area contributed by atoms with Crippen LogP contribution in [-0.2, 0) is 28.7 Å². The molecule has 0 saturated carbocycles. The van der Waals surface area contributed by atoms with Gasteiger partial charge in [-0.25, -0.2) is 0 Å². The van der Waals surface area contributed by atoms with Crippen molar-refractivity contribution in [2.45, 2.75) is 49.5 Å². The number of amides is 3. The van der Waals surface area contributed by atoms with Crippen molar-refractivity contribution in [2.75, 3.05) is 31.1 Å². The molecule has 2 fully saturated rings. The zero-order chi connectivity index (χ0) is 31.6. The van der Waals surface area contributed by atoms with Crippen LogP contribution in [0.15, 0.2) is 78.9 Å². The maximum atomic E-state index is 14.5. The zero-order valence-electron chi connectivity index (χ0n) is 24.7. The number of hydrogen-bond acceptors (Lipinski definition) is 7. The highest BCUT2D eigenvalue weighted by Gasteiger charge is 2.71. The highest BCUT2D eigenvalue weighted by atomic mass is 35.5. The quantitative estimate of drug-likeness (QED) is 0.284. The van der Waals surface area contributed by atoms with Gasteiger partial charge in [0.05, 0.1) is 18.6 Å². The number of aliphatic hydroxyl groups is 1. The smallest absolute Gasteiger partial charge is 0.313 e. The molecule has 4 aliphatic rings. The number of nitrogens with one attached hydrogen (secondary N) is 1. The number of likely N-dealkylation sites (tertiary alicyclic amines) is 1. The van der Waals surface area contributed by atoms with Gasteiger partial charge in [-0.1, -0.05) is 66.2 Å². The summed E-state index contributed by atoms with van der Waals surface area (Å²) in [4.78, 5) is 58.7. The molecule has 0 radical (unpaired) electrons. The number of nitrogens with zero attached hydrogens (tertiary/aromatic N) is 2. The number of aliphatic hydroxyl groups excluding tert-OH is 1. The minimum Gasteiger partial charge on any atom is -0.455 e. The third kappa shape index (κ3) is 5.90. The molecule has 3 amide bonds. The summed E-state index contributed by atoms with van der Waals surface area (Å²) in [6.07, 6.45) is 6.96. The Balaban J connectivity index is 1.41. The maximum absolute atomic E-state index is 14.5. The molecule has 11 heteroatoms. The number of hydrogen-bond donors (Lipinski definition) is 2. The summed E-state index contributed by atoms with van der Waals surface area (Å²) in [6.45, 7) is 0.458. The largest absolute Gasteiger partial charge is 0.455 e. The van der Waals surface area contributed by atoms with E-state index in [0.717, 1.165) is 0 Å². The molecule has 2 N–H and O–H groups in total. The summed E-state index contributed by atoms with van der Waals surface area (Å²) in [5.74, 6) is -3.60. The van der Waals surface area contributed by atoms with Gasteiger partial charge in [0, 0.05) is 36.8 Å². The molecule has 0 unspecified atom stereocenters. The summed E-state index contributed by atoms with van der Waals surface area (Å²) in [5, 5.41) is 12.8. The highest BCUT2D eigenvalue weighted by molar-refractivity contribution is 6.30. The molecule has 0 aromatic heterocycles. The average molecular weight is 634 g/mol. The summed E-state index contributed by atoms with van der Waals surface area (Å²) in [5.41, 5.74) is -0.124. The summed E-state index contributed by atoms with van der Waals surface area (Å²) in [7, 11) is 0. The Hall–Kier alpha value is -3.99. The minimum atomic E-state index is -1.44. The standard InChI is InChI=1S/C34H36ClN3O7/c35-23-13-15-24(16-14-23)37-19-8-17-34-29(31(41)38(18-6-7-20-39)30(34)32(37)42)28-25(45-34)11-4-5-12-27(40)36-21-26(44-33(28)43)22-9-2-1-3-10-22/h1-4,8-11,13-17,25-26,28-30,39H,5-7,12,18-21H2,(H,36,40)/b11-4-/t25-,26+,28+,29+,30-,34+/m1/s1. The van der Waals surface area contributed by atoms with E-state index in [1.807, 2.05) is 36.4 Å². The van der Waals surface area contributed by atoms with E-state index in [9.17, 15) is 24.3 Å². The molecule has 4 aliphatic heterocycles. The van der Waals surface area contributed by atoms with Crippen molar-refractivity contribution >= 4 is 41.0 Å². The number of carbonyl (C=O) groups is 4. The molecule has 45 heavy (non-hydrogen) atoms. The monoisotopic (exact) mass is 633 g/mol. The van der Waals surface area contributed by atoms with Gasteiger partial charge < -0.3 is 29.7 Å². The number of halogens is 1. The molecule has 2 aromatic carbocycles. The SMILES string of the molecule is O=C1CC/C=C\[C@H]2O[C@]34C=CCN(c5ccc(Cl)cc5)C(=O)[C@H]3N(CCCCO)C(=O)[C@@H]4[C@H]2C(=O)O[C@H](c2ccccc2)CN1. The van der Waals surface area contributed by atoms with E-state index in [4.69, 9.17) is 21.1 Å². The third-order valence-corrected chi connectivity index (χ3v) is 9.24. The van der Waals surface area contributed by atoms with Crippen LogP contribution < -0.4 is 10.2 Å². The van der Waals surface area contributed by atoms with Crippen molar-refractivity contribution in [3.63, 3.8) is 0 Å². The summed E-state index contributed by atoms with van der Waals surface area (Å²) < 4.78 is 12.8. The number of rotatable bonds is 6. The Kier molecular flexibility index (Phi) is 9.07. The van der Waals surface area contributed by atoms with Gasteiger partial charge in [-0.2, -0.15) is 0 Å². The predicted octanol–water partition coefficient (Wildman–Crippen LogP) is 3.35. The molecule has 6 rings (SSSR count). The van der Waals surface area contributed by atoms with Crippen LogP contribution in [0.2, 0.25) is 5.02 Å². The molecule has 0 aliphatic carbocycles. The van der Waals surface area contributed by atoms with E-state index < -0.39 is 41.7 Å². The Morgan fingerprint density at radius 1 is 0.978 bits per heavy atom. The second kappa shape index (κ2) is 13.2. The fourth-order valence-electron chi connectivity index (χ4n) is 6.89. The number of ether oxygens (including phenoxy) is 2. The number of benzene rings is 2. The van der Waals surface area contributed by atoms with Crippen molar-refractivity contribution < 1.29 is 33.8 Å². The lowest BCUT2D eigenvalue weighted by atomic mass is 9.78. The van der Waals surface area contributed by atoms with Gasteiger partial charge in [0.2, 0.25) is 11.8 Å². The molecule has 1 spiro atoms. The van der Waals surface area contributed by atoms with Crippen LogP contribution in [0, 0.1) is 11.8 Å². The summed E-state index contributed by atoms with van der Waals surface area (Å²) >= 11 is 6.12. The van der Waals surface area contributed by atoms with E-state index >= 15 is 0 Å². The lowest BCUT2D eigenvalue weighted by molar-refractivity contribution is -0.159. The van der Waals surface area contributed by atoms with Crippen LogP contribution in [0.1, 0.15) is 37.4 Å². The minimum absolute atomic E-state index is 0.0538. The average Bonchev–Trinajstić information content (AvgIpc) is 3.42. The summed E-state index contributed by atoms with van der Waals surface area (Å²) in [6, 6.07) is 15.0. The number of cyclic esters (lactones) is 1. The topological polar surface area (TPSA) is 125 Å². The van der Waals surface area contributed by atoms with Crippen molar-refractivity contribution in [3.05, 3.63) is 89.5 Å². The van der Waals surface area contributed by atoms with Gasteiger partial charge in [-0.05, 0) is 49.1 Å². The first-order valence-corrected chi connectivity index (χ1v) is 15.7. The normalized spacial score (nSPS) is 30.8. The molecule has 6 atom stereocenters. The molecule has 2 saturated heterocycles. The Morgan fingerprint density at radius 2 is 1.76 bits per heavy atom. The number of fused-ring (bicyclic) bond motifs is 2. The Morgan fingerprint density at radius 3 is 2.51 bits per heavy atom. The molecule has 236 valence electrons. The van der Waals surface area contributed by atoms with E-state index in [1.54, 1.807) is 47.4 Å². The fourth-order valence-corrected chi connectivity index (χ4v) is 7.02. The fraction of sp³-hybridized carbons (Fsp3) is 0.412. The van der Waals surface area contributed by atoms with Gasteiger partial charge in [-0.3, -0.25) is 19.2 Å². The molecule has 4 heterocycles. The van der Waals surface area contributed by atoms with Gasteiger partial charge in [-0.15, -0.1) is 0 Å². The van der Waals surface area contributed by atoms with Crippen molar-refractivity contribution in [1.29, 1.82) is 0 Å². The molecular formula is C34H36ClN3O7. The first-order chi connectivity index (χ1) is 21.8. The predicted molar refractivity (Wildman–Crippen MR) is 166 cm³/mol. The second-order valence-corrected chi connectivity index (χ2v) is 12.2. The van der Waals surface area contributed by atoms with Crippen LogP contribution in [0.5, 0.6) is 0 Å². The Bertz CT molecular complexity index is 1500. The number of unbranched alkanes of at least 4 members (excludes halogenated alkanes) is 1. The number of carbonyl (C=O) groups excluding carboxylic acids is 4. The van der Waals surface area contributed by atoms with Crippen LogP contribution in [0.25, 0.3) is 0 Å². The van der Waals surface area contributed by atoms with E-state index in [2.05, 4.69) is 5.32 Å². The van der Waals surface area contributed by atoms with Gasteiger partial charge in [0.25, 0.3) is 5.91 Å². The zero-order valence-corrected chi connectivity index (χ0v) is 25.5. The van der Waals surface area contributed by atoms with Crippen molar-refractivity contribution in [1.82, 2.24) is 10.2 Å². The van der Waals surface area contributed by atoms with Crippen LogP contribution in [0.4, 0.5) is 5.69 Å². The number of allylic oxidation sites excluding steroid dienone is 1. The highest BCUT2D eigenvalue weighted by Crippen LogP contribution is 2.53. The van der Waals surface area contributed by atoms with Crippen LogP contribution >= 0.6 is 11.6 Å². The van der Waals surface area contributed by atoms with Gasteiger partial charge in [0.1, 0.15) is 23.7 Å². The van der Waals surface area contributed by atoms with E-state index in [1.165, 1.54) is 4.90 Å². The molecule has 0 bridgehead atoms. The van der Waals surface area contributed by atoms with Crippen LogP contribution in [0.3, 0.4) is 0 Å². The van der Waals surface area contributed by atoms with Crippen molar-refractivity contribution in [3.8, 4) is 0 Å². The number of esters is 1.